The Morgan fingerprint density at radius 1 is 1.29 bits per heavy atom. The molecule has 0 unspecified atom stereocenters. The molecule has 0 aliphatic carbocycles. The molecule has 1 amide bonds. The summed E-state index contributed by atoms with van der Waals surface area (Å²) < 4.78 is 43.1. The van der Waals surface area contributed by atoms with Gasteiger partial charge in [0.25, 0.3) is 5.91 Å². The second-order valence-corrected chi connectivity index (χ2v) is 4.59. The number of furan rings is 1. The highest BCUT2D eigenvalue weighted by molar-refractivity contribution is 6.31. The van der Waals surface area contributed by atoms with Gasteiger partial charge in [-0.05, 0) is 30.3 Å². The molecule has 21 heavy (non-hydrogen) atoms. The molecular formula is C13H10ClF3N2O2. The van der Waals surface area contributed by atoms with Crippen LogP contribution in [-0.2, 0) is 12.7 Å². The smallest absolute Gasteiger partial charge is 0.416 e. The Kier molecular flexibility index (Phi) is 4.24. The van der Waals surface area contributed by atoms with E-state index in [-0.39, 0.29) is 23.0 Å². The average molecular weight is 319 g/mol. The zero-order chi connectivity index (χ0) is 15.6. The number of rotatable bonds is 3. The van der Waals surface area contributed by atoms with Crippen LogP contribution in [-0.4, -0.2) is 5.91 Å². The van der Waals surface area contributed by atoms with Gasteiger partial charge in [-0.15, -0.1) is 0 Å². The van der Waals surface area contributed by atoms with E-state index in [0.717, 1.165) is 12.1 Å². The average Bonchev–Trinajstić information content (AvgIpc) is 2.85. The zero-order valence-corrected chi connectivity index (χ0v) is 11.3. The number of benzene rings is 1. The van der Waals surface area contributed by atoms with E-state index in [1.165, 1.54) is 18.2 Å². The van der Waals surface area contributed by atoms with Crippen LogP contribution < -0.4 is 11.1 Å². The lowest BCUT2D eigenvalue weighted by Crippen LogP contribution is -2.12. The minimum atomic E-state index is -4.55. The van der Waals surface area contributed by atoms with Crippen LogP contribution in [0.15, 0.2) is 34.7 Å². The number of alkyl halides is 3. The maximum Gasteiger partial charge on any atom is 0.416 e. The third-order valence-electron chi connectivity index (χ3n) is 2.57. The summed E-state index contributed by atoms with van der Waals surface area (Å²) in [4.78, 5) is 11.8. The number of hydrogen-bond acceptors (Lipinski definition) is 3. The van der Waals surface area contributed by atoms with Crippen molar-refractivity contribution in [1.29, 1.82) is 0 Å². The van der Waals surface area contributed by atoms with Gasteiger partial charge in [-0.3, -0.25) is 4.79 Å². The number of carbonyl (C=O) groups excluding carboxylic acids is 1. The zero-order valence-electron chi connectivity index (χ0n) is 10.5. The molecule has 0 saturated carbocycles. The van der Waals surface area contributed by atoms with E-state index in [1.54, 1.807) is 0 Å². The lowest BCUT2D eigenvalue weighted by atomic mass is 10.2. The normalized spacial score (nSPS) is 11.5. The summed E-state index contributed by atoms with van der Waals surface area (Å²) in [6.07, 6.45) is -4.55. The summed E-state index contributed by atoms with van der Waals surface area (Å²) >= 11 is 5.62. The van der Waals surface area contributed by atoms with Gasteiger partial charge in [0, 0.05) is 10.7 Å². The Bertz CT molecular complexity index is 668. The van der Waals surface area contributed by atoms with Crippen molar-refractivity contribution < 1.29 is 22.4 Å². The van der Waals surface area contributed by atoms with Crippen LogP contribution in [0.4, 0.5) is 18.9 Å². The summed E-state index contributed by atoms with van der Waals surface area (Å²) in [7, 11) is 0. The van der Waals surface area contributed by atoms with Crippen molar-refractivity contribution in [2.45, 2.75) is 12.7 Å². The summed E-state index contributed by atoms with van der Waals surface area (Å²) in [6, 6.07) is 5.66. The Labute approximate surface area is 122 Å². The number of nitrogens with one attached hydrogen (secondary N) is 1. The van der Waals surface area contributed by atoms with Crippen LogP contribution in [0.5, 0.6) is 0 Å². The molecule has 112 valence electrons. The van der Waals surface area contributed by atoms with E-state index >= 15 is 0 Å². The van der Waals surface area contributed by atoms with Crippen molar-refractivity contribution in [1.82, 2.24) is 0 Å². The molecule has 0 aliphatic rings. The second-order valence-electron chi connectivity index (χ2n) is 4.15. The van der Waals surface area contributed by atoms with Crippen LogP contribution in [0, 0.1) is 0 Å². The fraction of sp³-hybridized carbons (Fsp3) is 0.154. The van der Waals surface area contributed by atoms with Gasteiger partial charge in [-0.2, -0.15) is 13.2 Å². The van der Waals surface area contributed by atoms with Crippen LogP contribution in [0.3, 0.4) is 0 Å². The molecule has 2 rings (SSSR count). The minimum Gasteiger partial charge on any atom is -0.455 e. The van der Waals surface area contributed by atoms with Gasteiger partial charge < -0.3 is 15.5 Å². The van der Waals surface area contributed by atoms with Gasteiger partial charge in [0.2, 0.25) is 0 Å². The highest BCUT2D eigenvalue weighted by atomic mass is 35.5. The highest BCUT2D eigenvalue weighted by Gasteiger charge is 2.31. The van der Waals surface area contributed by atoms with Crippen LogP contribution in [0.2, 0.25) is 5.02 Å². The molecule has 0 fully saturated rings. The first-order valence-corrected chi connectivity index (χ1v) is 6.15. The monoisotopic (exact) mass is 318 g/mol. The van der Waals surface area contributed by atoms with Crippen molar-refractivity contribution in [3.8, 4) is 0 Å². The molecule has 0 aliphatic heterocycles. The van der Waals surface area contributed by atoms with Crippen molar-refractivity contribution in [2.24, 2.45) is 5.73 Å². The standard InChI is InChI=1S/C13H10ClF3N2O2/c14-8-3-7(13(15,16)17)4-9(5-8)19-12(20)11-2-1-10(6-18)21-11/h1-5H,6,18H2,(H,19,20). The van der Waals surface area contributed by atoms with Crippen molar-refractivity contribution in [3.63, 3.8) is 0 Å². The largest absolute Gasteiger partial charge is 0.455 e. The Morgan fingerprint density at radius 2 is 2.00 bits per heavy atom. The minimum absolute atomic E-state index is 0.0519. The summed E-state index contributed by atoms with van der Waals surface area (Å²) in [5.41, 5.74) is 4.31. The van der Waals surface area contributed by atoms with Crippen LogP contribution in [0.1, 0.15) is 21.9 Å². The molecule has 0 radical (unpaired) electrons. The predicted molar refractivity (Wildman–Crippen MR) is 71.0 cm³/mol. The second kappa shape index (κ2) is 5.79. The van der Waals surface area contributed by atoms with Gasteiger partial charge in [0.15, 0.2) is 5.76 Å². The molecular weight excluding hydrogens is 309 g/mol. The molecule has 0 atom stereocenters. The van der Waals surface area contributed by atoms with E-state index in [4.69, 9.17) is 21.8 Å². The van der Waals surface area contributed by atoms with Crippen LogP contribution >= 0.6 is 11.6 Å². The summed E-state index contributed by atoms with van der Waals surface area (Å²) in [5, 5.41) is 2.15. The van der Waals surface area contributed by atoms with Crippen molar-refractivity contribution in [3.05, 3.63) is 52.4 Å². The number of nitrogens with two attached hydrogens (primary N) is 1. The highest BCUT2D eigenvalue weighted by Crippen LogP contribution is 2.33. The Balaban J connectivity index is 2.23. The first-order valence-electron chi connectivity index (χ1n) is 5.77. The number of hydrogen-bond donors (Lipinski definition) is 2. The molecule has 2 aromatic rings. The number of carbonyl (C=O) groups is 1. The predicted octanol–water partition coefficient (Wildman–Crippen LogP) is 3.66. The molecule has 8 heteroatoms. The van der Waals surface area contributed by atoms with E-state index in [9.17, 15) is 18.0 Å². The fourth-order valence-electron chi connectivity index (χ4n) is 1.63. The lowest BCUT2D eigenvalue weighted by Gasteiger charge is -2.10. The summed E-state index contributed by atoms with van der Waals surface area (Å²) in [6.45, 7) is 0.114. The van der Waals surface area contributed by atoms with Crippen LogP contribution in [0.25, 0.3) is 0 Å². The van der Waals surface area contributed by atoms with Gasteiger partial charge in [-0.25, -0.2) is 0 Å². The van der Waals surface area contributed by atoms with Gasteiger partial charge >= 0.3 is 6.18 Å². The molecule has 0 spiro atoms. The first kappa shape index (κ1) is 15.4. The molecule has 1 aromatic heterocycles. The first-order chi connectivity index (χ1) is 9.79. The maximum atomic E-state index is 12.7. The quantitative estimate of drug-likeness (QED) is 0.907. The molecule has 4 nitrogen and oxygen atoms in total. The third kappa shape index (κ3) is 3.77. The maximum absolute atomic E-state index is 12.7. The van der Waals surface area contributed by atoms with Crippen molar-refractivity contribution >= 4 is 23.2 Å². The van der Waals surface area contributed by atoms with Gasteiger partial charge in [-0.1, -0.05) is 11.6 Å². The Hall–Kier alpha value is -1.99. The number of anilines is 1. The number of halogens is 4. The molecule has 0 bridgehead atoms. The topological polar surface area (TPSA) is 68.3 Å². The third-order valence-corrected chi connectivity index (χ3v) is 2.79. The fourth-order valence-corrected chi connectivity index (χ4v) is 1.86. The summed E-state index contributed by atoms with van der Waals surface area (Å²) in [5.74, 6) is -0.351. The molecule has 3 N–H and O–H groups in total. The lowest BCUT2D eigenvalue weighted by molar-refractivity contribution is -0.137. The van der Waals surface area contributed by atoms with E-state index in [1.807, 2.05) is 0 Å². The van der Waals surface area contributed by atoms with E-state index < -0.39 is 17.6 Å². The molecule has 1 aromatic carbocycles. The van der Waals surface area contributed by atoms with E-state index in [2.05, 4.69) is 5.32 Å². The molecule has 1 heterocycles. The van der Waals surface area contributed by atoms with E-state index in [0.29, 0.717) is 5.76 Å². The molecule has 0 saturated heterocycles. The number of amides is 1. The Morgan fingerprint density at radius 3 is 2.57 bits per heavy atom. The van der Waals surface area contributed by atoms with Crippen molar-refractivity contribution in [2.75, 3.05) is 5.32 Å². The van der Waals surface area contributed by atoms with Gasteiger partial charge in [0.1, 0.15) is 5.76 Å². The van der Waals surface area contributed by atoms with Gasteiger partial charge in [0.05, 0.1) is 12.1 Å². The SMILES string of the molecule is NCc1ccc(C(=O)Nc2cc(Cl)cc(C(F)(F)F)c2)o1.